The molecule has 1 heterocycles. The Labute approximate surface area is 164 Å². The molecule has 1 aliphatic heterocycles. The first-order chi connectivity index (χ1) is 13.4. The highest BCUT2D eigenvalue weighted by Gasteiger charge is 2.25. The molecule has 0 aromatic heterocycles. The van der Waals surface area contributed by atoms with Gasteiger partial charge in [0.1, 0.15) is 6.17 Å². The van der Waals surface area contributed by atoms with Gasteiger partial charge in [0.15, 0.2) is 17.6 Å². The van der Waals surface area contributed by atoms with Crippen LogP contribution in [0.4, 0.5) is 5.69 Å². The number of rotatable bonds is 6. The molecule has 0 saturated heterocycles. The van der Waals surface area contributed by atoms with Crippen LogP contribution in [0.5, 0.6) is 11.5 Å². The smallest absolute Gasteiger partial charge is 0.262 e. The Balaban J connectivity index is 1.85. The zero-order valence-corrected chi connectivity index (χ0v) is 16.5. The first-order valence-corrected chi connectivity index (χ1v) is 9.21. The average Bonchev–Trinajstić information content (AvgIpc) is 2.68. The van der Waals surface area contributed by atoms with E-state index < -0.39 is 12.3 Å². The highest BCUT2D eigenvalue weighted by atomic mass is 16.5. The molecule has 7 heteroatoms. The minimum absolute atomic E-state index is 0.135. The topological polar surface area (TPSA) is 79.9 Å². The lowest BCUT2D eigenvalue weighted by atomic mass is 10.1. The van der Waals surface area contributed by atoms with E-state index in [4.69, 9.17) is 9.47 Å². The van der Waals surface area contributed by atoms with Crippen molar-refractivity contribution in [2.24, 2.45) is 0 Å². The summed E-state index contributed by atoms with van der Waals surface area (Å²) in [5.74, 6) is 0.733. The van der Waals surface area contributed by atoms with Gasteiger partial charge in [-0.3, -0.25) is 9.59 Å². The van der Waals surface area contributed by atoms with E-state index >= 15 is 0 Å². The van der Waals surface area contributed by atoms with Crippen LogP contribution in [0.3, 0.4) is 0 Å². The zero-order valence-electron chi connectivity index (χ0n) is 16.5. The van der Waals surface area contributed by atoms with Crippen molar-refractivity contribution >= 4 is 17.5 Å². The number of amides is 2. The van der Waals surface area contributed by atoms with Crippen LogP contribution >= 0.6 is 0 Å². The number of benzene rings is 2. The van der Waals surface area contributed by atoms with Gasteiger partial charge in [0.05, 0.1) is 12.2 Å². The second kappa shape index (κ2) is 8.21. The third-order valence-electron chi connectivity index (χ3n) is 4.44. The highest BCUT2D eigenvalue weighted by molar-refractivity contribution is 6.01. The number of likely N-dealkylation sites (N-methyl/N-ethyl adjacent to an activating group) is 1. The van der Waals surface area contributed by atoms with Crippen molar-refractivity contribution in [3.63, 3.8) is 0 Å². The van der Waals surface area contributed by atoms with Gasteiger partial charge in [-0.1, -0.05) is 18.2 Å². The number of para-hydroxylation sites is 1. The summed E-state index contributed by atoms with van der Waals surface area (Å²) in [6.07, 6.45) is -1.03. The van der Waals surface area contributed by atoms with E-state index in [0.29, 0.717) is 23.7 Å². The van der Waals surface area contributed by atoms with Gasteiger partial charge in [-0.2, -0.15) is 0 Å². The van der Waals surface area contributed by atoms with Crippen LogP contribution in [-0.4, -0.2) is 43.5 Å². The summed E-state index contributed by atoms with van der Waals surface area (Å²) >= 11 is 0. The molecule has 3 rings (SSSR count). The third-order valence-corrected chi connectivity index (χ3v) is 4.44. The van der Waals surface area contributed by atoms with Crippen LogP contribution in [0.25, 0.3) is 0 Å². The predicted molar refractivity (Wildman–Crippen MR) is 107 cm³/mol. The zero-order chi connectivity index (χ0) is 20.3. The van der Waals surface area contributed by atoms with Gasteiger partial charge >= 0.3 is 0 Å². The van der Waals surface area contributed by atoms with E-state index in [1.165, 1.54) is 4.90 Å². The molecule has 0 radical (unpaired) electrons. The van der Waals surface area contributed by atoms with Gasteiger partial charge in [0, 0.05) is 19.8 Å². The molecule has 0 spiro atoms. The second-order valence-electron chi connectivity index (χ2n) is 6.73. The van der Waals surface area contributed by atoms with Crippen molar-refractivity contribution in [1.82, 2.24) is 10.2 Å². The number of fused-ring (bicyclic) bond motifs is 1. The number of anilines is 1. The summed E-state index contributed by atoms with van der Waals surface area (Å²) in [4.78, 5) is 26.0. The van der Waals surface area contributed by atoms with Gasteiger partial charge in [-0.15, -0.1) is 0 Å². The van der Waals surface area contributed by atoms with E-state index in [0.717, 1.165) is 11.3 Å². The van der Waals surface area contributed by atoms with Crippen LogP contribution in [0.15, 0.2) is 42.5 Å². The summed E-state index contributed by atoms with van der Waals surface area (Å²) < 4.78 is 11.5. The fourth-order valence-electron chi connectivity index (χ4n) is 3.05. The van der Waals surface area contributed by atoms with E-state index in [1.807, 2.05) is 37.3 Å². The molecular weight excluding hydrogens is 358 g/mol. The summed E-state index contributed by atoms with van der Waals surface area (Å²) in [6.45, 7) is 4.02. The molecule has 0 saturated carbocycles. The Bertz CT molecular complexity index is 882. The predicted octanol–water partition coefficient (Wildman–Crippen LogP) is 2.79. The van der Waals surface area contributed by atoms with Crippen molar-refractivity contribution in [2.45, 2.75) is 26.1 Å². The Kier molecular flexibility index (Phi) is 5.73. The monoisotopic (exact) mass is 383 g/mol. The number of ether oxygens (including phenoxy) is 2. The summed E-state index contributed by atoms with van der Waals surface area (Å²) in [5, 5.41) is 6.26. The third kappa shape index (κ3) is 4.03. The van der Waals surface area contributed by atoms with Crippen molar-refractivity contribution < 1.29 is 19.1 Å². The lowest BCUT2D eigenvalue weighted by Crippen LogP contribution is -2.38. The molecule has 148 valence electrons. The molecule has 1 aliphatic rings. The minimum atomic E-state index is -0.639. The molecular formula is C21H25N3O4. The Hall–Kier alpha value is -3.22. The largest absolute Gasteiger partial charge is 0.490 e. The van der Waals surface area contributed by atoms with Gasteiger partial charge in [-0.25, -0.2) is 0 Å². The lowest BCUT2D eigenvalue weighted by molar-refractivity contribution is -0.135. The first kappa shape index (κ1) is 19.5. The highest BCUT2D eigenvalue weighted by Crippen LogP contribution is 2.33. The first-order valence-electron chi connectivity index (χ1n) is 9.21. The second-order valence-corrected chi connectivity index (χ2v) is 6.73. The molecule has 0 fully saturated rings. The van der Waals surface area contributed by atoms with E-state index in [1.54, 1.807) is 33.2 Å². The van der Waals surface area contributed by atoms with Crippen LogP contribution < -0.4 is 20.1 Å². The van der Waals surface area contributed by atoms with Crippen LogP contribution in [0.1, 0.15) is 35.9 Å². The number of hydrogen-bond donors (Lipinski definition) is 2. The molecule has 28 heavy (non-hydrogen) atoms. The molecule has 0 bridgehead atoms. The van der Waals surface area contributed by atoms with Gasteiger partial charge in [0.25, 0.3) is 11.8 Å². The number of carbonyl (C=O) groups is 2. The number of hydrogen-bond acceptors (Lipinski definition) is 5. The Morgan fingerprint density at radius 3 is 2.61 bits per heavy atom. The summed E-state index contributed by atoms with van der Waals surface area (Å²) in [7, 11) is 3.37. The van der Waals surface area contributed by atoms with Crippen molar-refractivity contribution in [3.05, 3.63) is 53.6 Å². The SMILES string of the molecule is CCOc1cc([C@@H]2NC(=O)c3ccccc3N2)ccc1O[C@H](C)C(=O)N(C)C. The van der Waals surface area contributed by atoms with Crippen LogP contribution in [0.2, 0.25) is 0 Å². The number of nitrogens with one attached hydrogen (secondary N) is 2. The Morgan fingerprint density at radius 1 is 1.14 bits per heavy atom. The molecule has 2 amide bonds. The quantitative estimate of drug-likeness (QED) is 0.802. The van der Waals surface area contributed by atoms with Crippen molar-refractivity contribution in [2.75, 3.05) is 26.0 Å². The van der Waals surface area contributed by atoms with Gasteiger partial charge in [-0.05, 0) is 43.7 Å². The maximum Gasteiger partial charge on any atom is 0.262 e. The fourth-order valence-corrected chi connectivity index (χ4v) is 3.05. The molecule has 2 aromatic rings. The molecule has 7 nitrogen and oxygen atoms in total. The normalized spacial score (nSPS) is 16.3. The fraction of sp³-hybridized carbons (Fsp3) is 0.333. The van der Waals surface area contributed by atoms with Gasteiger partial charge in [0.2, 0.25) is 0 Å². The molecule has 2 aromatic carbocycles. The average molecular weight is 383 g/mol. The maximum atomic E-state index is 12.4. The molecule has 0 unspecified atom stereocenters. The number of carbonyl (C=O) groups excluding carboxylic acids is 2. The van der Waals surface area contributed by atoms with Crippen LogP contribution in [0, 0.1) is 0 Å². The molecule has 2 atom stereocenters. The standard InChI is InChI=1S/C21H25N3O4/c1-5-27-18-12-14(10-11-17(18)28-13(2)21(26)24(3)4)19-22-16-9-7-6-8-15(16)20(25)23-19/h6-13,19,22H,5H2,1-4H3,(H,23,25)/t13-,19+/m1/s1. The maximum absolute atomic E-state index is 12.4. The minimum Gasteiger partial charge on any atom is -0.490 e. The summed E-state index contributed by atoms with van der Waals surface area (Å²) in [6, 6.07) is 12.8. The molecule has 0 aliphatic carbocycles. The number of nitrogens with zero attached hydrogens (tertiary/aromatic N) is 1. The van der Waals surface area contributed by atoms with Crippen LogP contribution in [-0.2, 0) is 4.79 Å². The lowest BCUT2D eigenvalue weighted by Gasteiger charge is -2.28. The molecule has 2 N–H and O–H groups in total. The van der Waals surface area contributed by atoms with Crippen molar-refractivity contribution in [3.8, 4) is 11.5 Å². The van der Waals surface area contributed by atoms with E-state index in [-0.39, 0.29) is 11.8 Å². The Morgan fingerprint density at radius 2 is 1.89 bits per heavy atom. The van der Waals surface area contributed by atoms with E-state index in [9.17, 15) is 9.59 Å². The van der Waals surface area contributed by atoms with Crippen molar-refractivity contribution in [1.29, 1.82) is 0 Å². The van der Waals surface area contributed by atoms with E-state index in [2.05, 4.69) is 10.6 Å². The summed E-state index contributed by atoms with van der Waals surface area (Å²) in [5.41, 5.74) is 2.21. The van der Waals surface area contributed by atoms with Gasteiger partial charge < -0.3 is 25.0 Å².